The maximum absolute atomic E-state index is 12.4. The van der Waals surface area contributed by atoms with E-state index >= 15 is 0 Å². The van der Waals surface area contributed by atoms with Crippen molar-refractivity contribution in [3.63, 3.8) is 0 Å². The number of carbonyl (C=O) groups excluding carboxylic acids is 2. The molecule has 1 amide bonds. The van der Waals surface area contributed by atoms with Crippen molar-refractivity contribution in [3.8, 4) is 5.75 Å². The van der Waals surface area contributed by atoms with Gasteiger partial charge in [0.15, 0.2) is 0 Å². The van der Waals surface area contributed by atoms with Crippen LogP contribution in [0.15, 0.2) is 36.4 Å². The highest BCUT2D eigenvalue weighted by Gasteiger charge is 2.48. The topological polar surface area (TPSA) is 78.5 Å². The predicted octanol–water partition coefficient (Wildman–Crippen LogP) is 0.822. The molecular formula is C16H16NO4-. The summed E-state index contributed by atoms with van der Waals surface area (Å²) in [6.07, 6.45) is 4.56. The molecule has 2 bridgehead atoms. The first-order valence-electron chi connectivity index (χ1n) is 6.94. The molecule has 5 heteroatoms. The van der Waals surface area contributed by atoms with Crippen molar-refractivity contribution in [2.24, 2.45) is 23.7 Å². The average Bonchev–Trinajstić information content (AvgIpc) is 3.08. The van der Waals surface area contributed by atoms with Gasteiger partial charge < -0.3 is 20.0 Å². The zero-order valence-electron chi connectivity index (χ0n) is 11.6. The van der Waals surface area contributed by atoms with Crippen molar-refractivity contribution in [1.29, 1.82) is 0 Å². The zero-order valence-corrected chi connectivity index (χ0v) is 11.6. The standard InChI is InChI=1S/C16H17NO4/c1-21-12-6-4-11(5-7-12)17-15(18)13-9-2-3-10(8-9)14(13)16(19)20/h2-7,9-10,13-14H,8H2,1H3,(H,17,18)(H,19,20)/p-1/t9-,10+,13+,14-/m0/s1. The Labute approximate surface area is 122 Å². The van der Waals surface area contributed by atoms with E-state index in [1.807, 2.05) is 12.2 Å². The Morgan fingerprint density at radius 3 is 2.33 bits per heavy atom. The molecule has 2 aliphatic rings. The third-order valence-electron chi connectivity index (χ3n) is 4.39. The van der Waals surface area contributed by atoms with Crippen LogP contribution >= 0.6 is 0 Å². The van der Waals surface area contributed by atoms with E-state index in [1.165, 1.54) is 0 Å². The van der Waals surface area contributed by atoms with Crippen LogP contribution in [0, 0.1) is 23.7 Å². The first-order valence-corrected chi connectivity index (χ1v) is 6.94. The van der Waals surface area contributed by atoms with Crippen molar-refractivity contribution < 1.29 is 19.4 Å². The fraction of sp³-hybridized carbons (Fsp3) is 0.375. The van der Waals surface area contributed by atoms with Crippen LogP contribution in [0.25, 0.3) is 0 Å². The molecule has 1 aromatic carbocycles. The largest absolute Gasteiger partial charge is 0.550 e. The van der Waals surface area contributed by atoms with E-state index < -0.39 is 17.8 Å². The third kappa shape index (κ3) is 2.39. The molecular weight excluding hydrogens is 270 g/mol. The second-order valence-electron chi connectivity index (χ2n) is 5.54. The first kappa shape index (κ1) is 13.7. The summed E-state index contributed by atoms with van der Waals surface area (Å²) >= 11 is 0. The molecule has 4 atom stereocenters. The number of fused-ring (bicyclic) bond motifs is 2. The summed E-state index contributed by atoms with van der Waals surface area (Å²) in [6.45, 7) is 0. The van der Waals surface area contributed by atoms with E-state index in [4.69, 9.17) is 4.74 Å². The molecule has 1 aromatic rings. The minimum Gasteiger partial charge on any atom is -0.550 e. The summed E-state index contributed by atoms with van der Waals surface area (Å²) in [7, 11) is 1.57. The van der Waals surface area contributed by atoms with E-state index in [9.17, 15) is 14.7 Å². The Kier molecular flexibility index (Phi) is 3.41. The Morgan fingerprint density at radius 2 is 1.76 bits per heavy atom. The number of carboxylic acid groups (broad SMARTS) is 1. The Hall–Kier alpha value is -2.30. The molecule has 0 heterocycles. The van der Waals surface area contributed by atoms with Crippen molar-refractivity contribution in [2.45, 2.75) is 6.42 Å². The van der Waals surface area contributed by atoms with Gasteiger partial charge in [0.05, 0.1) is 13.0 Å². The number of carbonyl (C=O) groups is 2. The van der Waals surface area contributed by atoms with E-state index in [1.54, 1.807) is 31.4 Å². The van der Waals surface area contributed by atoms with E-state index in [2.05, 4.69) is 5.32 Å². The SMILES string of the molecule is COc1ccc(NC(=O)[C@H]2[C@@H](C(=O)[O-])[C@@H]3C=C[C@H]2C3)cc1. The lowest BCUT2D eigenvalue weighted by atomic mass is 9.82. The molecule has 0 saturated heterocycles. The summed E-state index contributed by atoms with van der Waals surface area (Å²) < 4.78 is 5.05. The lowest BCUT2D eigenvalue weighted by Crippen LogP contribution is -2.42. The number of amides is 1. The van der Waals surface area contributed by atoms with Crippen molar-refractivity contribution in [3.05, 3.63) is 36.4 Å². The molecule has 0 aliphatic heterocycles. The number of anilines is 1. The minimum absolute atomic E-state index is 0.00357. The maximum atomic E-state index is 12.4. The first-order chi connectivity index (χ1) is 10.1. The molecule has 1 fully saturated rings. The Morgan fingerprint density at radius 1 is 1.14 bits per heavy atom. The highest BCUT2D eigenvalue weighted by Crippen LogP contribution is 2.48. The molecule has 1 N–H and O–H groups in total. The lowest BCUT2D eigenvalue weighted by molar-refractivity contribution is -0.313. The second kappa shape index (κ2) is 5.24. The van der Waals surface area contributed by atoms with Crippen LogP contribution in [0.1, 0.15) is 6.42 Å². The normalized spacial score (nSPS) is 29.4. The van der Waals surface area contributed by atoms with Crippen LogP contribution in [0.5, 0.6) is 5.75 Å². The molecule has 3 rings (SSSR count). The van der Waals surface area contributed by atoms with Crippen LogP contribution in [-0.4, -0.2) is 19.0 Å². The average molecular weight is 286 g/mol. The van der Waals surface area contributed by atoms with E-state index in [0.717, 1.165) is 6.42 Å². The highest BCUT2D eigenvalue weighted by molar-refractivity contribution is 5.96. The number of benzene rings is 1. The number of aliphatic carboxylic acids is 1. The van der Waals surface area contributed by atoms with Gasteiger partial charge in [0.2, 0.25) is 5.91 Å². The second-order valence-corrected chi connectivity index (χ2v) is 5.54. The summed E-state index contributed by atoms with van der Waals surface area (Å²) in [5, 5.41) is 14.1. The van der Waals surface area contributed by atoms with Crippen LogP contribution in [0.3, 0.4) is 0 Å². The van der Waals surface area contributed by atoms with E-state index in [0.29, 0.717) is 11.4 Å². The van der Waals surface area contributed by atoms with Crippen LogP contribution in [-0.2, 0) is 9.59 Å². The number of nitrogens with one attached hydrogen (secondary N) is 1. The zero-order chi connectivity index (χ0) is 15.0. The fourth-order valence-corrected chi connectivity index (χ4v) is 3.40. The van der Waals surface area contributed by atoms with Gasteiger partial charge in [-0.25, -0.2) is 0 Å². The highest BCUT2D eigenvalue weighted by atomic mass is 16.5. The quantitative estimate of drug-likeness (QED) is 0.831. The molecule has 0 unspecified atom stereocenters. The Balaban J connectivity index is 1.75. The molecule has 2 aliphatic carbocycles. The molecule has 0 radical (unpaired) electrons. The van der Waals surface area contributed by atoms with Gasteiger partial charge in [-0.3, -0.25) is 4.79 Å². The summed E-state index contributed by atoms with van der Waals surface area (Å²) in [5.74, 6) is -2.05. The fourth-order valence-electron chi connectivity index (χ4n) is 3.40. The number of methoxy groups -OCH3 is 1. The van der Waals surface area contributed by atoms with Gasteiger partial charge in [-0.2, -0.15) is 0 Å². The maximum Gasteiger partial charge on any atom is 0.228 e. The Bertz CT molecular complexity index is 593. The number of ether oxygens (including phenoxy) is 1. The summed E-state index contributed by atoms with van der Waals surface area (Å²) in [5.41, 5.74) is 0.629. The third-order valence-corrected chi connectivity index (χ3v) is 4.39. The van der Waals surface area contributed by atoms with Gasteiger partial charge in [0.25, 0.3) is 0 Å². The van der Waals surface area contributed by atoms with E-state index in [-0.39, 0.29) is 17.7 Å². The molecule has 1 saturated carbocycles. The molecule has 110 valence electrons. The van der Waals surface area contributed by atoms with Crippen LogP contribution in [0.4, 0.5) is 5.69 Å². The van der Waals surface area contributed by atoms with Gasteiger partial charge in [0.1, 0.15) is 5.75 Å². The smallest absolute Gasteiger partial charge is 0.228 e. The molecule has 0 spiro atoms. The van der Waals surface area contributed by atoms with Crippen LogP contribution < -0.4 is 15.2 Å². The van der Waals surface area contributed by atoms with Gasteiger partial charge in [-0.15, -0.1) is 0 Å². The van der Waals surface area contributed by atoms with Crippen molar-refractivity contribution >= 4 is 17.6 Å². The number of carboxylic acids is 1. The molecule has 5 nitrogen and oxygen atoms in total. The number of rotatable bonds is 4. The molecule has 0 aromatic heterocycles. The number of hydrogen-bond donors (Lipinski definition) is 1. The van der Waals surface area contributed by atoms with Gasteiger partial charge in [0, 0.05) is 17.6 Å². The van der Waals surface area contributed by atoms with Crippen molar-refractivity contribution in [1.82, 2.24) is 0 Å². The lowest BCUT2D eigenvalue weighted by Gasteiger charge is -2.27. The predicted molar refractivity (Wildman–Crippen MR) is 74.3 cm³/mol. The molecule has 21 heavy (non-hydrogen) atoms. The number of allylic oxidation sites excluding steroid dienone is 2. The van der Waals surface area contributed by atoms with Crippen LogP contribution in [0.2, 0.25) is 0 Å². The monoisotopic (exact) mass is 286 g/mol. The number of hydrogen-bond acceptors (Lipinski definition) is 4. The van der Waals surface area contributed by atoms with Gasteiger partial charge in [-0.1, -0.05) is 12.2 Å². The van der Waals surface area contributed by atoms with Crippen molar-refractivity contribution in [2.75, 3.05) is 12.4 Å². The summed E-state index contributed by atoms with van der Waals surface area (Å²) in [4.78, 5) is 23.7. The van der Waals surface area contributed by atoms with Gasteiger partial charge >= 0.3 is 0 Å². The minimum atomic E-state index is -1.14. The summed E-state index contributed by atoms with van der Waals surface area (Å²) in [6, 6.07) is 6.95. The van der Waals surface area contributed by atoms with Gasteiger partial charge in [-0.05, 0) is 42.5 Å².